The Labute approximate surface area is 141 Å². The number of rotatable bonds is 3. The summed E-state index contributed by atoms with van der Waals surface area (Å²) in [5.41, 5.74) is -0.420. The van der Waals surface area contributed by atoms with Crippen LogP contribution in [-0.2, 0) is 0 Å². The van der Waals surface area contributed by atoms with Crippen molar-refractivity contribution in [2.75, 3.05) is 13.1 Å². The predicted octanol–water partition coefficient (Wildman–Crippen LogP) is 2.99. The summed E-state index contributed by atoms with van der Waals surface area (Å²) >= 11 is 3.19. The van der Waals surface area contributed by atoms with Crippen molar-refractivity contribution in [3.05, 3.63) is 50.9 Å². The largest absolute Gasteiger partial charge is 0.490 e. The first-order valence-electron chi connectivity index (χ1n) is 7.34. The van der Waals surface area contributed by atoms with E-state index in [0.29, 0.717) is 47.9 Å². The zero-order valence-corrected chi connectivity index (χ0v) is 14.2. The average molecular weight is 382 g/mol. The third kappa shape index (κ3) is 3.85. The minimum Gasteiger partial charge on any atom is -0.490 e. The Morgan fingerprint density at radius 1 is 1.26 bits per heavy atom. The van der Waals surface area contributed by atoms with E-state index in [2.05, 4.69) is 15.9 Å². The quantitative estimate of drug-likeness (QED) is 0.816. The molecular formula is C16H16BrNO5. The summed E-state index contributed by atoms with van der Waals surface area (Å²) in [5, 5.41) is 0. The van der Waals surface area contributed by atoms with Gasteiger partial charge in [-0.3, -0.25) is 4.79 Å². The summed E-state index contributed by atoms with van der Waals surface area (Å²) in [6.07, 6.45) is 1.38. The van der Waals surface area contributed by atoms with E-state index >= 15 is 0 Å². The van der Waals surface area contributed by atoms with Crippen LogP contribution < -0.4 is 10.4 Å². The summed E-state index contributed by atoms with van der Waals surface area (Å²) in [4.78, 5) is 25.4. The Hall–Kier alpha value is -2.02. The molecule has 0 N–H and O–H groups in total. The lowest BCUT2D eigenvalue weighted by Crippen LogP contribution is -2.41. The Balaban J connectivity index is 1.58. The van der Waals surface area contributed by atoms with Crippen molar-refractivity contribution in [2.45, 2.75) is 25.9 Å². The van der Waals surface area contributed by atoms with Gasteiger partial charge in [0.1, 0.15) is 17.6 Å². The van der Waals surface area contributed by atoms with Gasteiger partial charge in [-0.1, -0.05) is 0 Å². The maximum atomic E-state index is 12.3. The molecule has 7 heteroatoms. The molecule has 23 heavy (non-hydrogen) atoms. The molecule has 0 radical (unpaired) electrons. The van der Waals surface area contributed by atoms with E-state index in [-0.39, 0.29) is 12.0 Å². The first-order valence-corrected chi connectivity index (χ1v) is 8.13. The van der Waals surface area contributed by atoms with Crippen LogP contribution in [0.3, 0.4) is 0 Å². The highest BCUT2D eigenvalue weighted by molar-refractivity contribution is 9.10. The summed E-state index contributed by atoms with van der Waals surface area (Å²) in [5.74, 6) is 1.24. The van der Waals surface area contributed by atoms with E-state index in [1.807, 2.05) is 0 Å². The molecule has 3 rings (SSSR count). The lowest BCUT2D eigenvalue weighted by atomic mass is 10.1. The molecule has 1 fully saturated rings. The highest BCUT2D eigenvalue weighted by atomic mass is 79.9. The van der Waals surface area contributed by atoms with Crippen molar-refractivity contribution >= 4 is 21.8 Å². The van der Waals surface area contributed by atoms with Gasteiger partial charge in [0.15, 0.2) is 10.4 Å². The van der Waals surface area contributed by atoms with Gasteiger partial charge in [-0.05, 0) is 35.0 Å². The van der Waals surface area contributed by atoms with Gasteiger partial charge in [-0.25, -0.2) is 4.79 Å². The second-order valence-electron chi connectivity index (χ2n) is 5.44. The topological polar surface area (TPSA) is 72.9 Å². The minimum absolute atomic E-state index is 0.0245. The van der Waals surface area contributed by atoms with Crippen LogP contribution in [0.15, 0.2) is 42.6 Å². The molecule has 2 aromatic rings. The van der Waals surface area contributed by atoms with Crippen molar-refractivity contribution in [1.82, 2.24) is 4.90 Å². The van der Waals surface area contributed by atoms with E-state index in [1.54, 1.807) is 30.0 Å². The Kier molecular flexibility index (Phi) is 4.56. The number of nitrogens with zero attached hydrogens (tertiary/aromatic N) is 1. The second-order valence-corrected chi connectivity index (χ2v) is 6.22. The van der Waals surface area contributed by atoms with Gasteiger partial charge in [0.25, 0.3) is 5.91 Å². The molecule has 1 aliphatic rings. The van der Waals surface area contributed by atoms with E-state index in [4.69, 9.17) is 13.6 Å². The van der Waals surface area contributed by atoms with E-state index in [9.17, 15) is 9.59 Å². The zero-order valence-electron chi connectivity index (χ0n) is 12.6. The standard InChI is InChI=1S/C16H16BrNO5/c1-10-8-12(9-15(19)21-10)22-11-4-6-18(7-5-11)16(20)13-2-3-14(17)23-13/h2-3,8-9,11H,4-7H2,1H3. The van der Waals surface area contributed by atoms with Crippen LogP contribution in [0.1, 0.15) is 29.2 Å². The molecule has 2 aromatic heterocycles. The normalized spacial score (nSPS) is 15.7. The number of ether oxygens (including phenoxy) is 1. The predicted molar refractivity (Wildman–Crippen MR) is 85.7 cm³/mol. The molecule has 122 valence electrons. The summed E-state index contributed by atoms with van der Waals surface area (Å²) in [6, 6.07) is 6.39. The first kappa shape index (κ1) is 15.9. The van der Waals surface area contributed by atoms with Crippen molar-refractivity contribution < 1.29 is 18.4 Å². The Morgan fingerprint density at radius 3 is 2.61 bits per heavy atom. The lowest BCUT2D eigenvalue weighted by Gasteiger charge is -2.31. The van der Waals surface area contributed by atoms with Crippen molar-refractivity contribution in [3.8, 4) is 5.75 Å². The molecule has 0 unspecified atom stereocenters. The molecule has 0 bridgehead atoms. The second kappa shape index (κ2) is 6.62. The van der Waals surface area contributed by atoms with E-state index in [1.165, 1.54) is 6.07 Å². The van der Waals surface area contributed by atoms with Gasteiger partial charge >= 0.3 is 5.63 Å². The molecule has 1 aliphatic heterocycles. The number of likely N-dealkylation sites (tertiary alicyclic amines) is 1. The van der Waals surface area contributed by atoms with Crippen LogP contribution in [0.5, 0.6) is 5.75 Å². The molecule has 0 aliphatic carbocycles. The fraction of sp³-hybridized carbons (Fsp3) is 0.375. The van der Waals surface area contributed by atoms with Crippen LogP contribution >= 0.6 is 15.9 Å². The van der Waals surface area contributed by atoms with Gasteiger partial charge in [0.05, 0.1) is 6.07 Å². The third-order valence-corrected chi connectivity index (χ3v) is 4.11. The zero-order chi connectivity index (χ0) is 16.4. The van der Waals surface area contributed by atoms with Gasteiger partial charge in [0, 0.05) is 32.0 Å². The van der Waals surface area contributed by atoms with E-state index < -0.39 is 5.63 Å². The molecule has 3 heterocycles. The van der Waals surface area contributed by atoms with Gasteiger partial charge in [-0.2, -0.15) is 0 Å². The molecule has 1 saturated heterocycles. The van der Waals surface area contributed by atoms with Crippen molar-refractivity contribution in [1.29, 1.82) is 0 Å². The molecular weight excluding hydrogens is 366 g/mol. The lowest BCUT2D eigenvalue weighted by molar-refractivity contribution is 0.0564. The summed E-state index contributed by atoms with van der Waals surface area (Å²) in [7, 11) is 0. The Bertz CT molecular complexity index is 758. The van der Waals surface area contributed by atoms with Crippen LogP contribution in [0.2, 0.25) is 0 Å². The number of furan rings is 1. The number of hydrogen-bond donors (Lipinski definition) is 0. The number of aryl methyl sites for hydroxylation is 1. The molecule has 6 nitrogen and oxygen atoms in total. The number of amides is 1. The molecule has 0 saturated carbocycles. The number of carbonyl (C=O) groups is 1. The summed E-state index contributed by atoms with van der Waals surface area (Å²) in [6.45, 7) is 2.88. The van der Waals surface area contributed by atoms with Crippen molar-refractivity contribution in [3.63, 3.8) is 0 Å². The van der Waals surface area contributed by atoms with Crippen LogP contribution in [0.25, 0.3) is 0 Å². The minimum atomic E-state index is -0.420. The van der Waals surface area contributed by atoms with Crippen LogP contribution in [0, 0.1) is 6.92 Å². The van der Waals surface area contributed by atoms with Gasteiger partial charge in [0.2, 0.25) is 0 Å². The molecule has 0 aromatic carbocycles. The maximum Gasteiger partial charge on any atom is 0.339 e. The fourth-order valence-corrected chi connectivity index (χ4v) is 2.90. The number of piperidine rings is 1. The summed E-state index contributed by atoms with van der Waals surface area (Å²) < 4.78 is 16.6. The average Bonchev–Trinajstić information content (AvgIpc) is 2.93. The SMILES string of the molecule is Cc1cc(OC2CCN(C(=O)c3ccc(Br)o3)CC2)cc(=O)o1. The maximum absolute atomic E-state index is 12.3. The van der Waals surface area contributed by atoms with Crippen LogP contribution in [0.4, 0.5) is 0 Å². The smallest absolute Gasteiger partial charge is 0.339 e. The molecule has 1 amide bonds. The number of carbonyl (C=O) groups excluding carboxylic acids is 1. The monoisotopic (exact) mass is 381 g/mol. The highest BCUT2D eigenvalue weighted by Crippen LogP contribution is 2.21. The molecule has 0 spiro atoms. The van der Waals surface area contributed by atoms with E-state index in [0.717, 1.165) is 0 Å². The Morgan fingerprint density at radius 2 is 2.00 bits per heavy atom. The number of halogens is 1. The van der Waals surface area contributed by atoms with Crippen LogP contribution in [-0.4, -0.2) is 30.0 Å². The number of hydrogen-bond acceptors (Lipinski definition) is 5. The van der Waals surface area contributed by atoms with Gasteiger partial charge < -0.3 is 18.5 Å². The molecule has 0 atom stereocenters. The fourth-order valence-electron chi connectivity index (χ4n) is 2.60. The first-order chi connectivity index (χ1) is 11.0. The third-order valence-electron chi connectivity index (χ3n) is 3.68. The highest BCUT2D eigenvalue weighted by Gasteiger charge is 2.26. The van der Waals surface area contributed by atoms with Crippen molar-refractivity contribution in [2.24, 2.45) is 0 Å². The van der Waals surface area contributed by atoms with Gasteiger partial charge in [-0.15, -0.1) is 0 Å².